The van der Waals surface area contributed by atoms with Gasteiger partial charge in [-0.2, -0.15) is 0 Å². The van der Waals surface area contributed by atoms with Crippen LogP contribution in [0.15, 0.2) is 48.5 Å². The maximum Gasteiger partial charge on any atom is 0.109 e. The molecular weight excluding hydrogens is 324 g/mol. The third-order valence-corrected chi connectivity index (χ3v) is 4.19. The maximum atomic E-state index is 10.3. The van der Waals surface area contributed by atoms with E-state index in [4.69, 9.17) is 16.3 Å². The Morgan fingerprint density at radius 2 is 1.92 bits per heavy atom. The van der Waals surface area contributed by atoms with Crippen LogP contribution in [0.1, 0.15) is 18.3 Å². The average Bonchev–Trinajstić information content (AvgIpc) is 2.94. The number of benzene rings is 2. The Morgan fingerprint density at radius 3 is 2.67 bits per heavy atom. The fourth-order valence-electron chi connectivity index (χ4n) is 2.76. The van der Waals surface area contributed by atoms with Crippen molar-refractivity contribution in [1.29, 1.82) is 0 Å². The molecule has 0 aliphatic carbocycles. The van der Waals surface area contributed by atoms with Crippen LogP contribution in [0.2, 0.25) is 5.02 Å². The largest absolute Gasteiger partial charge is 0.389 e. The molecule has 0 unspecified atom stereocenters. The molecule has 4 nitrogen and oxygen atoms in total. The second-order valence-electron chi connectivity index (χ2n) is 5.78. The highest BCUT2D eigenvalue weighted by Crippen LogP contribution is 2.17. The summed E-state index contributed by atoms with van der Waals surface area (Å²) in [5.41, 5.74) is 3.05. The van der Waals surface area contributed by atoms with Crippen LogP contribution in [0.5, 0.6) is 0 Å². The van der Waals surface area contributed by atoms with Crippen LogP contribution in [0.4, 0.5) is 0 Å². The van der Waals surface area contributed by atoms with Crippen LogP contribution in [-0.2, 0) is 24.3 Å². The molecule has 1 aromatic heterocycles. The van der Waals surface area contributed by atoms with Gasteiger partial charge in [0, 0.05) is 11.4 Å². The molecule has 1 heterocycles. The predicted octanol–water partition coefficient (Wildman–Crippen LogP) is 3.83. The number of rotatable bonds is 7. The van der Waals surface area contributed by atoms with E-state index >= 15 is 0 Å². The lowest BCUT2D eigenvalue weighted by Crippen LogP contribution is -2.23. The van der Waals surface area contributed by atoms with Gasteiger partial charge in [-0.1, -0.05) is 42.8 Å². The summed E-state index contributed by atoms with van der Waals surface area (Å²) < 4.78 is 7.70. The molecule has 0 saturated heterocycles. The fraction of sp³-hybridized carbons (Fsp3) is 0.316. The van der Waals surface area contributed by atoms with Gasteiger partial charge in [-0.3, -0.25) is 0 Å². The summed E-state index contributed by atoms with van der Waals surface area (Å²) in [7, 11) is 0. The number of para-hydroxylation sites is 2. The topological polar surface area (TPSA) is 47.3 Å². The zero-order chi connectivity index (χ0) is 16.9. The highest BCUT2D eigenvalue weighted by molar-refractivity contribution is 6.30. The van der Waals surface area contributed by atoms with Gasteiger partial charge in [-0.05, 0) is 29.8 Å². The molecule has 0 spiro atoms. The molecular formula is C19H21ClN2O2. The number of aliphatic hydroxyl groups excluding tert-OH is 1. The van der Waals surface area contributed by atoms with Crippen molar-refractivity contribution in [2.75, 3.05) is 6.61 Å². The predicted molar refractivity (Wildman–Crippen MR) is 96.2 cm³/mol. The summed E-state index contributed by atoms with van der Waals surface area (Å²) in [6.07, 6.45) is 0.243. The molecule has 1 N–H and O–H groups in total. The van der Waals surface area contributed by atoms with E-state index in [9.17, 15) is 5.11 Å². The molecule has 0 amide bonds. The highest BCUT2D eigenvalue weighted by atomic mass is 35.5. The average molecular weight is 345 g/mol. The number of aryl methyl sites for hydroxylation is 1. The highest BCUT2D eigenvalue weighted by Gasteiger charge is 2.13. The van der Waals surface area contributed by atoms with Crippen molar-refractivity contribution in [3.05, 3.63) is 64.9 Å². The van der Waals surface area contributed by atoms with E-state index in [1.165, 1.54) is 0 Å². The summed E-state index contributed by atoms with van der Waals surface area (Å²) in [5.74, 6) is 0.980. The van der Waals surface area contributed by atoms with Crippen molar-refractivity contribution in [2.45, 2.75) is 32.6 Å². The van der Waals surface area contributed by atoms with E-state index in [0.717, 1.165) is 28.8 Å². The molecule has 5 heteroatoms. The number of halogens is 1. The Morgan fingerprint density at radius 1 is 1.17 bits per heavy atom. The molecule has 0 radical (unpaired) electrons. The van der Waals surface area contributed by atoms with Crippen LogP contribution in [-0.4, -0.2) is 27.4 Å². The minimum Gasteiger partial charge on any atom is -0.389 e. The number of aliphatic hydroxyl groups is 1. The Kier molecular flexibility index (Phi) is 5.51. The Balaban J connectivity index is 1.60. The van der Waals surface area contributed by atoms with Crippen molar-refractivity contribution < 1.29 is 9.84 Å². The molecule has 0 fully saturated rings. The number of aromatic nitrogens is 2. The van der Waals surface area contributed by atoms with Crippen LogP contribution < -0.4 is 0 Å². The van der Waals surface area contributed by atoms with Crippen LogP contribution in [0, 0.1) is 0 Å². The summed E-state index contributed by atoms with van der Waals surface area (Å²) in [4.78, 5) is 4.62. The Bertz CT molecular complexity index is 799. The zero-order valence-corrected chi connectivity index (χ0v) is 14.4. The van der Waals surface area contributed by atoms with E-state index in [2.05, 4.69) is 16.5 Å². The van der Waals surface area contributed by atoms with Crippen LogP contribution in [0.25, 0.3) is 11.0 Å². The number of fused-ring (bicyclic) bond motifs is 1. The monoisotopic (exact) mass is 344 g/mol. The number of hydrogen-bond acceptors (Lipinski definition) is 3. The third-order valence-electron chi connectivity index (χ3n) is 3.94. The summed E-state index contributed by atoms with van der Waals surface area (Å²) in [6, 6.07) is 15.5. The van der Waals surface area contributed by atoms with Gasteiger partial charge in [0.15, 0.2) is 0 Å². The molecule has 0 bridgehead atoms. The lowest BCUT2D eigenvalue weighted by atomic mass is 10.2. The smallest absolute Gasteiger partial charge is 0.109 e. The molecule has 126 valence electrons. The van der Waals surface area contributed by atoms with Crippen molar-refractivity contribution in [2.24, 2.45) is 0 Å². The molecule has 3 aromatic rings. The molecule has 3 rings (SSSR count). The van der Waals surface area contributed by atoms with Gasteiger partial charge in [-0.15, -0.1) is 0 Å². The first-order chi connectivity index (χ1) is 11.7. The molecule has 2 aromatic carbocycles. The normalized spacial score (nSPS) is 12.6. The quantitative estimate of drug-likeness (QED) is 0.708. The second-order valence-corrected chi connectivity index (χ2v) is 6.21. The van der Waals surface area contributed by atoms with Gasteiger partial charge < -0.3 is 14.4 Å². The van der Waals surface area contributed by atoms with E-state index < -0.39 is 6.10 Å². The Labute approximate surface area is 146 Å². The lowest BCUT2D eigenvalue weighted by molar-refractivity contribution is 0.0205. The second kappa shape index (κ2) is 7.79. The maximum absolute atomic E-state index is 10.3. The van der Waals surface area contributed by atoms with Crippen molar-refractivity contribution in [3.63, 3.8) is 0 Å². The first kappa shape index (κ1) is 17.0. The summed E-state index contributed by atoms with van der Waals surface area (Å²) in [6.45, 7) is 3.28. The van der Waals surface area contributed by atoms with Crippen molar-refractivity contribution in [3.8, 4) is 0 Å². The minimum absolute atomic E-state index is 0.276. The van der Waals surface area contributed by atoms with Crippen LogP contribution in [0.3, 0.4) is 0 Å². The van der Waals surface area contributed by atoms with E-state index in [-0.39, 0.29) is 6.61 Å². The van der Waals surface area contributed by atoms with E-state index in [0.29, 0.717) is 18.2 Å². The molecule has 0 aliphatic rings. The summed E-state index contributed by atoms with van der Waals surface area (Å²) >= 11 is 5.86. The van der Waals surface area contributed by atoms with E-state index in [1.54, 1.807) is 0 Å². The zero-order valence-electron chi connectivity index (χ0n) is 13.7. The number of hydrogen-bond donors (Lipinski definition) is 1. The molecule has 0 saturated carbocycles. The SMILES string of the molecule is CCc1nc2ccccc2n1C[C@@H](O)COCc1ccc(Cl)cc1. The van der Waals surface area contributed by atoms with Crippen LogP contribution >= 0.6 is 11.6 Å². The Hall–Kier alpha value is -1.88. The number of ether oxygens (including phenoxy) is 1. The number of nitrogens with zero attached hydrogens (tertiary/aromatic N) is 2. The van der Waals surface area contributed by atoms with Crippen molar-refractivity contribution in [1.82, 2.24) is 9.55 Å². The first-order valence-electron chi connectivity index (χ1n) is 8.11. The molecule has 1 atom stereocenters. The minimum atomic E-state index is -0.583. The van der Waals surface area contributed by atoms with Gasteiger partial charge in [-0.25, -0.2) is 4.98 Å². The van der Waals surface area contributed by atoms with Gasteiger partial charge >= 0.3 is 0 Å². The lowest BCUT2D eigenvalue weighted by Gasteiger charge is -2.15. The van der Waals surface area contributed by atoms with Gasteiger partial charge in [0.25, 0.3) is 0 Å². The summed E-state index contributed by atoms with van der Waals surface area (Å²) in [5, 5.41) is 11.0. The number of imidazole rings is 1. The van der Waals surface area contributed by atoms with Crippen molar-refractivity contribution >= 4 is 22.6 Å². The van der Waals surface area contributed by atoms with Gasteiger partial charge in [0.2, 0.25) is 0 Å². The van der Waals surface area contributed by atoms with Gasteiger partial charge in [0.05, 0.1) is 36.9 Å². The van der Waals surface area contributed by atoms with Gasteiger partial charge in [0.1, 0.15) is 5.82 Å². The fourth-order valence-corrected chi connectivity index (χ4v) is 2.88. The first-order valence-corrected chi connectivity index (χ1v) is 8.49. The third kappa shape index (κ3) is 3.96. The van der Waals surface area contributed by atoms with E-state index in [1.807, 2.05) is 48.5 Å². The molecule has 0 aliphatic heterocycles. The standard InChI is InChI=1S/C19H21ClN2O2/c1-2-19-21-17-5-3-4-6-18(17)22(19)11-16(23)13-24-12-14-7-9-15(20)10-8-14/h3-10,16,23H,2,11-13H2,1H3/t16-/m1/s1. The molecule has 24 heavy (non-hydrogen) atoms.